The molecule has 1 aliphatic rings. The minimum absolute atomic E-state index is 0.144. The summed E-state index contributed by atoms with van der Waals surface area (Å²) in [5.41, 5.74) is 0. The summed E-state index contributed by atoms with van der Waals surface area (Å²) >= 11 is 0. The summed E-state index contributed by atoms with van der Waals surface area (Å²) < 4.78 is 10.8. The van der Waals surface area contributed by atoms with Crippen molar-refractivity contribution in [3.8, 4) is 0 Å². The van der Waals surface area contributed by atoms with Gasteiger partial charge in [-0.1, -0.05) is 6.92 Å². The second-order valence-corrected chi connectivity index (χ2v) is 3.97. The molecule has 3 nitrogen and oxygen atoms in total. The third kappa shape index (κ3) is 2.42. The Hall–Kier alpha value is -0.120. The number of methoxy groups -OCH3 is 2. The molecule has 1 rings (SSSR count). The molecule has 13 heavy (non-hydrogen) atoms. The van der Waals surface area contributed by atoms with Crippen LogP contribution in [0.3, 0.4) is 0 Å². The van der Waals surface area contributed by atoms with Crippen molar-refractivity contribution >= 4 is 0 Å². The third-order valence-electron chi connectivity index (χ3n) is 3.03. The van der Waals surface area contributed by atoms with Crippen molar-refractivity contribution < 1.29 is 14.6 Å². The minimum Gasteiger partial charge on any atom is -0.396 e. The zero-order chi connectivity index (χ0) is 9.84. The van der Waals surface area contributed by atoms with Gasteiger partial charge in [0.25, 0.3) is 0 Å². The molecular formula is C10H20O3. The van der Waals surface area contributed by atoms with E-state index in [4.69, 9.17) is 14.6 Å². The molecule has 0 heterocycles. The molecule has 4 atom stereocenters. The van der Waals surface area contributed by atoms with Crippen molar-refractivity contribution in [2.24, 2.45) is 11.8 Å². The molecule has 0 aromatic carbocycles. The van der Waals surface area contributed by atoms with Gasteiger partial charge in [-0.15, -0.1) is 0 Å². The number of hydrogen-bond donors (Lipinski definition) is 1. The van der Waals surface area contributed by atoms with Gasteiger partial charge in [0, 0.05) is 20.8 Å². The maximum Gasteiger partial charge on any atom is 0.0858 e. The van der Waals surface area contributed by atoms with Crippen LogP contribution in [0.2, 0.25) is 0 Å². The van der Waals surface area contributed by atoms with E-state index in [0.29, 0.717) is 11.8 Å². The van der Waals surface area contributed by atoms with E-state index in [0.717, 1.165) is 12.8 Å². The zero-order valence-corrected chi connectivity index (χ0v) is 8.69. The van der Waals surface area contributed by atoms with Crippen LogP contribution in [-0.2, 0) is 9.47 Å². The maximum absolute atomic E-state index is 9.08. The first-order valence-corrected chi connectivity index (χ1v) is 4.89. The summed E-state index contributed by atoms with van der Waals surface area (Å²) in [7, 11) is 3.44. The molecule has 1 aliphatic carbocycles. The number of hydrogen-bond acceptors (Lipinski definition) is 3. The van der Waals surface area contributed by atoms with Crippen molar-refractivity contribution in [2.75, 3.05) is 20.8 Å². The standard InChI is InChI=1S/C10H20O3/c1-7-4-8(6-11)5-9(12-2)10(7)13-3/h7-11H,4-6H2,1-3H3. The van der Waals surface area contributed by atoms with Crippen molar-refractivity contribution in [1.82, 2.24) is 0 Å². The summed E-state index contributed by atoms with van der Waals surface area (Å²) in [6.45, 7) is 2.42. The van der Waals surface area contributed by atoms with Gasteiger partial charge in [0.15, 0.2) is 0 Å². The highest BCUT2D eigenvalue weighted by atomic mass is 16.5. The summed E-state index contributed by atoms with van der Waals surface area (Å²) in [5, 5.41) is 9.08. The lowest BCUT2D eigenvalue weighted by Crippen LogP contribution is -2.43. The Morgan fingerprint density at radius 2 is 1.92 bits per heavy atom. The Morgan fingerprint density at radius 1 is 1.23 bits per heavy atom. The van der Waals surface area contributed by atoms with Crippen LogP contribution in [0.4, 0.5) is 0 Å². The molecule has 0 aromatic rings. The zero-order valence-electron chi connectivity index (χ0n) is 8.69. The number of aliphatic hydroxyl groups excluding tert-OH is 1. The highest BCUT2D eigenvalue weighted by Crippen LogP contribution is 2.32. The molecule has 1 N–H and O–H groups in total. The van der Waals surface area contributed by atoms with Crippen LogP contribution in [0.25, 0.3) is 0 Å². The van der Waals surface area contributed by atoms with E-state index in [2.05, 4.69) is 6.92 Å². The Morgan fingerprint density at radius 3 is 2.38 bits per heavy atom. The van der Waals surface area contributed by atoms with Gasteiger partial charge >= 0.3 is 0 Å². The molecule has 0 radical (unpaired) electrons. The molecule has 1 saturated carbocycles. The lowest BCUT2D eigenvalue weighted by Gasteiger charge is -2.38. The molecule has 0 spiro atoms. The van der Waals surface area contributed by atoms with Crippen LogP contribution in [0.15, 0.2) is 0 Å². The Kier molecular flexibility index (Phi) is 4.16. The Bertz CT molecular complexity index is 149. The third-order valence-corrected chi connectivity index (χ3v) is 3.03. The number of rotatable bonds is 3. The Balaban J connectivity index is 2.57. The van der Waals surface area contributed by atoms with Crippen LogP contribution in [-0.4, -0.2) is 38.1 Å². The van der Waals surface area contributed by atoms with Gasteiger partial charge in [-0.05, 0) is 24.7 Å². The fraction of sp³-hybridized carbons (Fsp3) is 1.00. The average Bonchev–Trinajstić information content (AvgIpc) is 2.16. The van der Waals surface area contributed by atoms with E-state index >= 15 is 0 Å². The average molecular weight is 188 g/mol. The summed E-state index contributed by atoms with van der Waals surface area (Å²) in [5.74, 6) is 0.854. The van der Waals surface area contributed by atoms with Gasteiger partial charge in [-0.25, -0.2) is 0 Å². The monoisotopic (exact) mass is 188 g/mol. The molecule has 78 valence electrons. The van der Waals surface area contributed by atoms with Crippen LogP contribution in [0, 0.1) is 11.8 Å². The SMILES string of the molecule is COC1CC(CO)CC(C)C1OC. The molecule has 0 bridgehead atoms. The van der Waals surface area contributed by atoms with Gasteiger partial charge in [0.05, 0.1) is 12.2 Å². The van der Waals surface area contributed by atoms with Crippen molar-refractivity contribution in [3.63, 3.8) is 0 Å². The smallest absolute Gasteiger partial charge is 0.0858 e. The van der Waals surface area contributed by atoms with Gasteiger partial charge in [-0.2, -0.15) is 0 Å². The lowest BCUT2D eigenvalue weighted by molar-refractivity contribution is -0.101. The first-order valence-electron chi connectivity index (χ1n) is 4.89. The quantitative estimate of drug-likeness (QED) is 0.719. The van der Waals surface area contributed by atoms with Gasteiger partial charge in [-0.3, -0.25) is 0 Å². The van der Waals surface area contributed by atoms with Crippen molar-refractivity contribution in [2.45, 2.75) is 32.0 Å². The van der Waals surface area contributed by atoms with Crippen LogP contribution in [0.5, 0.6) is 0 Å². The maximum atomic E-state index is 9.08. The summed E-state index contributed by atoms with van der Waals surface area (Å²) in [6.07, 6.45) is 2.28. The van der Waals surface area contributed by atoms with Gasteiger partial charge in [0.2, 0.25) is 0 Å². The van der Waals surface area contributed by atoms with Crippen molar-refractivity contribution in [3.05, 3.63) is 0 Å². The molecule has 0 aromatic heterocycles. The molecule has 0 amide bonds. The first-order chi connectivity index (χ1) is 6.22. The normalized spacial score (nSPS) is 40.6. The summed E-state index contributed by atoms with van der Waals surface area (Å²) in [4.78, 5) is 0. The van der Waals surface area contributed by atoms with Crippen molar-refractivity contribution in [1.29, 1.82) is 0 Å². The highest BCUT2D eigenvalue weighted by Gasteiger charge is 2.35. The molecular weight excluding hydrogens is 168 g/mol. The molecule has 3 heteroatoms. The number of ether oxygens (including phenoxy) is 2. The fourth-order valence-corrected chi connectivity index (χ4v) is 2.35. The lowest BCUT2D eigenvalue weighted by atomic mass is 9.79. The van der Waals surface area contributed by atoms with Gasteiger partial charge < -0.3 is 14.6 Å². The second kappa shape index (κ2) is 4.94. The molecule has 0 saturated heterocycles. The van der Waals surface area contributed by atoms with Crippen LogP contribution < -0.4 is 0 Å². The van der Waals surface area contributed by atoms with Crippen LogP contribution in [0.1, 0.15) is 19.8 Å². The van der Waals surface area contributed by atoms with Crippen LogP contribution >= 0.6 is 0 Å². The predicted molar refractivity (Wildman–Crippen MR) is 50.6 cm³/mol. The predicted octanol–water partition coefficient (Wildman–Crippen LogP) is 1.05. The largest absolute Gasteiger partial charge is 0.396 e. The highest BCUT2D eigenvalue weighted by molar-refractivity contribution is 4.85. The molecule has 0 aliphatic heterocycles. The second-order valence-electron chi connectivity index (χ2n) is 3.97. The van der Waals surface area contributed by atoms with E-state index in [1.165, 1.54) is 0 Å². The van der Waals surface area contributed by atoms with Gasteiger partial charge in [0.1, 0.15) is 0 Å². The van der Waals surface area contributed by atoms with E-state index in [-0.39, 0.29) is 18.8 Å². The van der Waals surface area contributed by atoms with E-state index in [9.17, 15) is 0 Å². The fourth-order valence-electron chi connectivity index (χ4n) is 2.35. The Labute approximate surface area is 80.0 Å². The van der Waals surface area contributed by atoms with E-state index < -0.39 is 0 Å². The van der Waals surface area contributed by atoms with E-state index in [1.807, 2.05) is 0 Å². The first kappa shape index (κ1) is 11.0. The molecule has 4 unspecified atom stereocenters. The minimum atomic E-state index is 0.144. The topological polar surface area (TPSA) is 38.7 Å². The molecule has 1 fully saturated rings. The number of aliphatic hydroxyl groups is 1. The van der Waals surface area contributed by atoms with E-state index in [1.54, 1.807) is 14.2 Å². The summed E-state index contributed by atoms with van der Waals surface area (Å²) in [6, 6.07) is 0.